The molecule has 1 aromatic carbocycles. The van der Waals surface area contributed by atoms with E-state index < -0.39 is 11.6 Å². The lowest BCUT2D eigenvalue weighted by atomic mass is 10.3. The molecule has 2 rings (SSSR count). The fourth-order valence-corrected chi connectivity index (χ4v) is 2.03. The molecule has 2 N–H and O–H groups in total. The second-order valence-electron chi connectivity index (χ2n) is 3.02. The summed E-state index contributed by atoms with van der Waals surface area (Å²) < 4.78 is 31.8. The Bertz CT molecular complexity index is 549. The molecule has 1 heterocycles. The first-order valence-electron chi connectivity index (χ1n) is 4.41. The van der Waals surface area contributed by atoms with Gasteiger partial charge in [-0.2, -0.15) is 4.39 Å². The summed E-state index contributed by atoms with van der Waals surface area (Å²) in [5, 5.41) is 8.06. The molecule has 2 aromatic rings. The number of nitrogens with zero attached hydrogens (tertiary/aromatic N) is 2. The molecular formula is C9H6BrF2N3OS. The van der Waals surface area contributed by atoms with Crippen molar-refractivity contribution in [1.29, 1.82) is 0 Å². The molecule has 0 radical (unpaired) electrons. The highest BCUT2D eigenvalue weighted by Crippen LogP contribution is 2.26. The van der Waals surface area contributed by atoms with Crippen molar-refractivity contribution in [3.8, 4) is 5.75 Å². The van der Waals surface area contributed by atoms with Gasteiger partial charge in [0, 0.05) is 4.47 Å². The molecule has 0 amide bonds. The number of anilines is 1. The molecule has 17 heavy (non-hydrogen) atoms. The van der Waals surface area contributed by atoms with E-state index in [1.165, 1.54) is 6.07 Å². The van der Waals surface area contributed by atoms with Gasteiger partial charge in [0.15, 0.2) is 16.6 Å². The van der Waals surface area contributed by atoms with Crippen molar-refractivity contribution in [3.63, 3.8) is 0 Å². The number of aromatic nitrogens is 2. The maximum absolute atomic E-state index is 13.3. The van der Waals surface area contributed by atoms with Crippen LogP contribution in [-0.4, -0.2) is 10.2 Å². The monoisotopic (exact) mass is 321 g/mol. The average molecular weight is 322 g/mol. The third-order valence-electron chi connectivity index (χ3n) is 1.79. The van der Waals surface area contributed by atoms with Gasteiger partial charge in [0.2, 0.25) is 10.9 Å². The van der Waals surface area contributed by atoms with Crippen LogP contribution >= 0.6 is 27.3 Å². The Hall–Kier alpha value is -1.28. The highest BCUT2D eigenvalue weighted by Gasteiger charge is 2.12. The van der Waals surface area contributed by atoms with Crippen molar-refractivity contribution in [3.05, 3.63) is 33.2 Å². The second kappa shape index (κ2) is 4.92. The van der Waals surface area contributed by atoms with Crippen molar-refractivity contribution >= 4 is 32.4 Å². The summed E-state index contributed by atoms with van der Waals surface area (Å²) >= 11 is 4.17. The van der Waals surface area contributed by atoms with E-state index in [2.05, 4.69) is 26.1 Å². The van der Waals surface area contributed by atoms with Gasteiger partial charge < -0.3 is 10.5 Å². The van der Waals surface area contributed by atoms with Gasteiger partial charge in [0.25, 0.3) is 0 Å². The lowest BCUT2D eigenvalue weighted by Crippen LogP contribution is -1.99. The summed E-state index contributed by atoms with van der Waals surface area (Å²) in [5.74, 6) is -2.21. The molecular weight excluding hydrogens is 316 g/mol. The van der Waals surface area contributed by atoms with E-state index in [-0.39, 0.29) is 12.4 Å². The van der Waals surface area contributed by atoms with Gasteiger partial charge in [-0.1, -0.05) is 27.3 Å². The number of nitrogens with two attached hydrogens (primary N) is 1. The minimum atomic E-state index is -1.04. The Morgan fingerprint density at radius 1 is 1.35 bits per heavy atom. The van der Waals surface area contributed by atoms with Crippen LogP contribution in [0.2, 0.25) is 0 Å². The lowest BCUT2D eigenvalue weighted by molar-refractivity contribution is 0.283. The van der Waals surface area contributed by atoms with E-state index in [0.717, 1.165) is 17.4 Å². The van der Waals surface area contributed by atoms with Gasteiger partial charge in [-0.05, 0) is 12.1 Å². The smallest absolute Gasteiger partial charge is 0.203 e. The van der Waals surface area contributed by atoms with Crippen molar-refractivity contribution in [2.45, 2.75) is 6.61 Å². The van der Waals surface area contributed by atoms with Crippen LogP contribution in [0.1, 0.15) is 5.01 Å². The Labute approximate surface area is 108 Å². The van der Waals surface area contributed by atoms with E-state index in [1.807, 2.05) is 0 Å². The van der Waals surface area contributed by atoms with E-state index in [1.54, 1.807) is 0 Å². The SMILES string of the molecule is Nc1nnc(COc2cc(Br)cc(F)c2F)s1. The Balaban J connectivity index is 2.14. The van der Waals surface area contributed by atoms with Crippen molar-refractivity contribution < 1.29 is 13.5 Å². The highest BCUT2D eigenvalue weighted by molar-refractivity contribution is 9.10. The van der Waals surface area contributed by atoms with Crippen LogP contribution in [0.3, 0.4) is 0 Å². The molecule has 4 nitrogen and oxygen atoms in total. The number of hydrogen-bond donors (Lipinski definition) is 1. The maximum Gasteiger partial charge on any atom is 0.203 e. The Morgan fingerprint density at radius 3 is 2.76 bits per heavy atom. The molecule has 0 bridgehead atoms. The normalized spacial score (nSPS) is 10.5. The molecule has 0 saturated carbocycles. The van der Waals surface area contributed by atoms with Gasteiger partial charge in [0.05, 0.1) is 0 Å². The molecule has 0 spiro atoms. The van der Waals surface area contributed by atoms with E-state index in [4.69, 9.17) is 10.5 Å². The molecule has 0 aliphatic carbocycles. The minimum Gasteiger partial charge on any atom is -0.483 e. The largest absolute Gasteiger partial charge is 0.483 e. The quantitative estimate of drug-likeness (QED) is 0.883. The molecule has 0 atom stereocenters. The predicted molar refractivity (Wildman–Crippen MR) is 62.7 cm³/mol. The van der Waals surface area contributed by atoms with Crippen molar-refractivity contribution in [2.75, 3.05) is 5.73 Å². The highest BCUT2D eigenvalue weighted by atomic mass is 79.9. The zero-order chi connectivity index (χ0) is 12.4. The molecule has 0 aliphatic heterocycles. The standard InChI is InChI=1S/C9H6BrF2N3OS/c10-4-1-5(11)8(12)6(2-4)16-3-7-14-15-9(13)17-7/h1-2H,3H2,(H2,13,15). The maximum atomic E-state index is 13.3. The number of halogens is 3. The first kappa shape index (κ1) is 12.2. The van der Waals surface area contributed by atoms with Crippen LogP contribution in [0.4, 0.5) is 13.9 Å². The topological polar surface area (TPSA) is 61.0 Å². The summed E-state index contributed by atoms with van der Waals surface area (Å²) in [6.07, 6.45) is 0. The van der Waals surface area contributed by atoms with Gasteiger partial charge >= 0.3 is 0 Å². The Kier molecular flexibility index (Phi) is 3.53. The number of ether oxygens (including phenoxy) is 1. The third kappa shape index (κ3) is 2.89. The van der Waals surface area contributed by atoms with Gasteiger partial charge in [0.1, 0.15) is 6.61 Å². The molecule has 90 valence electrons. The minimum absolute atomic E-state index is 0.0122. The predicted octanol–water partition coefficient (Wildman–Crippen LogP) is 2.74. The van der Waals surface area contributed by atoms with Gasteiger partial charge in [-0.25, -0.2) is 4.39 Å². The zero-order valence-electron chi connectivity index (χ0n) is 8.28. The number of hydrogen-bond acceptors (Lipinski definition) is 5. The first-order chi connectivity index (χ1) is 8.06. The van der Waals surface area contributed by atoms with Crippen LogP contribution in [0.25, 0.3) is 0 Å². The fraction of sp³-hybridized carbons (Fsp3) is 0.111. The molecule has 0 unspecified atom stereocenters. The van der Waals surface area contributed by atoms with Crippen LogP contribution < -0.4 is 10.5 Å². The summed E-state index contributed by atoms with van der Waals surface area (Å²) in [4.78, 5) is 0. The first-order valence-corrected chi connectivity index (χ1v) is 6.02. The van der Waals surface area contributed by atoms with Crippen LogP contribution in [0.15, 0.2) is 16.6 Å². The zero-order valence-corrected chi connectivity index (χ0v) is 10.7. The van der Waals surface area contributed by atoms with Crippen molar-refractivity contribution in [1.82, 2.24) is 10.2 Å². The fourth-order valence-electron chi connectivity index (χ4n) is 1.10. The molecule has 0 aliphatic rings. The molecule has 0 saturated heterocycles. The lowest BCUT2D eigenvalue weighted by Gasteiger charge is -2.06. The molecule has 1 aromatic heterocycles. The summed E-state index contributed by atoms with van der Waals surface area (Å²) in [5.41, 5.74) is 5.37. The summed E-state index contributed by atoms with van der Waals surface area (Å²) in [6.45, 7) is -0.0122. The number of benzene rings is 1. The molecule has 8 heteroatoms. The summed E-state index contributed by atoms with van der Waals surface area (Å²) in [6, 6.07) is 2.36. The van der Waals surface area contributed by atoms with Crippen LogP contribution in [0.5, 0.6) is 5.75 Å². The van der Waals surface area contributed by atoms with E-state index in [9.17, 15) is 8.78 Å². The average Bonchev–Trinajstić information content (AvgIpc) is 2.67. The van der Waals surface area contributed by atoms with Gasteiger partial charge in [-0.15, -0.1) is 10.2 Å². The van der Waals surface area contributed by atoms with Crippen LogP contribution in [-0.2, 0) is 6.61 Å². The van der Waals surface area contributed by atoms with Crippen molar-refractivity contribution in [2.24, 2.45) is 0 Å². The molecule has 0 fully saturated rings. The Morgan fingerprint density at radius 2 is 2.12 bits per heavy atom. The number of rotatable bonds is 3. The third-order valence-corrected chi connectivity index (χ3v) is 2.98. The van der Waals surface area contributed by atoms with E-state index >= 15 is 0 Å². The van der Waals surface area contributed by atoms with E-state index in [0.29, 0.717) is 14.6 Å². The number of nitrogen functional groups attached to an aromatic ring is 1. The van der Waals surface area contributed by atoms with Crippen LogP contribution in [0, 0.1) is 11.6 Å². The summed E-state index contributed by atoms with van der Waals surface area (Å²) in [7, 11) is 0. The van der Waals surface area contributed by atoms with Gasteiger partial charge in [-0.3, -0.25) is 0 Å². The second-order valence-corrected chi connectivity index (χ2v) is 5.03.